The van der Waals surface area contributed by atoms with Crippen molar-refractivity contribution in [3.63, 3.8) is 0 Å². The van der Waals surface area contributed by atoms with Crippen LogP contribution in [0.5, 0.6) is 11.5 Å². The highest BCUT2D eigenvalue weighted by Crippen LogP contribution is 2.32. The molecular weight excluding hydrogens is 348 g/mol. The van der Waals surface area contributed by atoms with Gasteiger partial charge < -0.3 is 25.1 Å². The molecule has 0 saturated carbocycles. The number of fused-ring (bicyclic) bond motifs is 2. The van der Waals surface area contributed by atoms with E-state index in [1.807, 2.05) is 24.3 Å². The molecular formula is C19H18N4O4. The second-order valence-electron chi connectivity index (χ2n) is 6.05. The predicted octanol–water partition coefficient (Wildman–Crippen LogP) is 1.38. The first-order chi connectivity index (χ1) is 13.2. The Morgan fingerprint density at radius 2 is 1.93 bits per heavy atom. The normalized spacial score (nSPS) is 12.1. The number of amides is 2. The molecule has 3 N–H and O–H groups in total. The molecule has 4 rings (SSSR count). The monoisotopic (exact) mass is 366 g/mol. The van der Waals surface area contributed by atoms with Gasteiger partial charge in [-0.2, -0.15) is 0 Å². The first-order valence-electron chi connectivity index (χ1n) is 8.57. The van der Waals surface area contributed by atoms with Crippen molar-refractivity contribution in [2.24, 2.45) is 0 Å². The van der Waals surface area contributed by atoms with Gasteiger partial charge in [0.2, 0.25) is 12.7 Å². The number of nitrogens with zero attached hydrogens (tertiary/aromatic N) is 1. The van der Waals surface area contributed by atoms with Gasteiger partial charge in [0.1, 0.15) is 5.82 Å². The first-order valence-corrected chi connectivity index (χ1v) is 8.57. The molecule has 1 aliphatic rings. The molecule has 0 atom stereocenters. The van der Waals surface area contributed by atoms with Crippen LogP contribution in [0.15, 0.2) is 42.5 Å². The second kappa shape index (κ2) is 7.36. The summed E-state index contributed by atoms with van der Waals surface area (Å²) in [6, 6.07) is 12.6. The van der Waals surface area contributed by atoms with Gasteiger partial charge >= 0.3 is 0 Å². The van der Waals surface area contributed by atoms with Crippen LogP contribution in [0.2, 0.25) is 0 Å². The SMILES string of the molecule is O=C(CNC(=O)c1ccc2c(c1)OCO2)NCCc1nc2ccccc2[nH]1. The fourth-order valence-electron chi connectivity index (χ4n) is 2.81. The number of imidazole rings is 1. The lowest BCUT2D eigenvalue weighted by atomic mass is 10.2. The summed E-state index contributed by atoms with van der Waals surface area (Å²) < 4.78 is 10.4. The molecule has 1 aromatic heterocycles. The van der Waals surface area contributed by atoms with Crippen LogP contribution in [0, 0.1) is 0 Å². The Balaban J connectivity index is 1.23. The minimum Gasteiger partial charge on any atom is -0.454 e. The van der Waals surface area contributed by atoms with Gasteiger partial charge in [-0.15, -0.1) is 0 Å². The number of ether oxygens (including phenoxy) is 2. The quantitative estimate of drug-likeness (QED) is 0.611. The van der Waals surface area contributed by atoms with Gasteiger partial charge in [0.25, 0.3) is 5.91 Å². The maximum atomic E-state index is 12.1. The van der Waals surface area contributed by atoms with Gasteiger partial charge in [0.05, 0.1) is 17.6 Å². The van der Waals surface area contributed by atoms with Gasteiger partial charge in [-0.1, -0.05) is 12.1 Å². The molecule has 0 unspecified atom stereocenters. The number of carbonyl (C=O) groups excluding carboxylic acids is 2. The lowest BCUT2D eigenvalue weighted by molar-refractivity contribution is -0.120. The number of hydrogen-bond donors (Lipinski definition) is 3. The van der Waals surface area contributed by atoms with Crippen LogP contribution >= 0.6 is 0 Å². The molecule has 8 nitrogen and oxygen atoms in total. The van der Waals surface area contributed by atoms with Crippen molar-refractivity contribution >= 4 is 22.8 Å². The topological polar surface area (TPSA) is 105 Å². The Bertz CT molecular complexity index is 965. The van der Waals surface area contributed by atoms with Crippen LogP contribution in [0.4, 0.5) is 0 Å². The van der Waals surface area contributed by atoms with E-state index in [1.54, 1.807) is 18.2 Å². The van der Waals surface area contributed by atoms with Crippen molar-refractivity contribution in [3.8, 4) is 11.5 Å². The zero-order chi connectivity index (χ0) is 18.6. The summed E-state index contributed by atoms with van der Waals surface area (Å²) in [6.45, 7) is 0.472. The molecule has 0 bridgehead atoms. The highest BCUT2D eigenvalue weighted by molar-refractivity contribution is 5.97. The molecule has 2 heterocycles. The summed E-state index contributed by atoms with van der Waals surface area (Å²) in [5, 5.41) is 5.35. The zero-order valence-corrected chi connectivity index (χ0v) is 14.5. The van der Waals surface area contributed by atoms with E-state index in [2.05, 4.69) is 20.6 Å². The molecule has 2 amide bonds. The van der Waals surface area contributed by atoms with Crippen LogP contribution in [0.1, 0.15) is 16.2 Å². The molecule has 138 valence electrons. The maximum Gasteiger partial charge on any atom is 0.251 e. The molecule has 0 spiro atoms. The van der Waals surface area contributed by atoms with E-state index in [4.69, 9.17) is 9.47 Å². The number of hydrogen-bond acceptors (Lipinski definition) is 5. The second-order valence-corrected chi connectivity index (χ2v) is 6.05. The number of aromatic amines is 1. The first kappa shape index (κ1) is 16.9. The zero-order valence-electron chi connectivity index (χ0n) is 14.5. The van der Waals surface area contributed by atoms with E-state index in [9.17, 15) is 9.59 Å². The number of para-hydroxylation sites is 2. The number of H-pyrrole nitrogens is 1. The summed E-state index contributed by atoms with van der Waals surface area (Å²) in [5.74, 6) is 1.33. The summed E-state index contributed by atoms with van der Waals surface area (Å²) >= 11 is 0. The number of nitrogens with one attached hydrogen (secondary N) is 3. The Labute approximate surface area is 154 Å². The van der Waals surface area contributed by atoms with E-state index < -0.39 is 0 Å². The van der Waals surface area contributed by atoms with E-state index >= 15 is 0 Å². The lowest BCUT2D eigenvalue weighted by Crippen LogP contribution is -2.37. The van der Waals surface area contributed by atoms with Crippen molar-refractivity contribution in [1.82, 2.24) is 20.6 Å². The van der Waals surface area contributed by atoms with E-state index in [0.29, 0.717) is 30.0 Å². The Morgan fingerprint density at radius 1 is 1.07 bits per heavy atom. The minimum atomic E-state index is -0.347. The fraction of sp³-hybridized carbons (Fsp3) is 0.211. The molecule has 0 radical (unpaired) electrons. The Kier molecular flexibility index (Phi) is 4.61. The Morgan fingerprint density at radius 3 is 2.81 bits per heavy atom. The van der Waals surface area contributed by atoms with Crippen molar-refractivity contribution in [1.29, 1.82) is 0 Å². The van der Waals surface area contributed by atoms with Crippen molar-refractivity contribution in [2.75, 3.05) is 19.9 Å². The summed E-state index contributed by atoms with van der Waals surface area (Å²) in [6.07, 6.45) is 0.580. The number of aromatic nitrogens is 2. The van der Waals surface area contributed by atoms with Crippen molar-refractivity contribution in [2.45, 2.75) is 6.42 Å². The molecule has 3 aromatic rings. The van der Waals surface area contributed by atoms with E-state index in [0.717, 1.165) is 16.9 Å². The van der Waals surface area contributed by atoms with Crippen LogP contribution in [-0.4, -0.2) is 41.7 Å². The molecule has 2 aromatic carbocycles. The summed E-state index contributed by atoms with van der Waals surface area (Å²) in [4.78, 5) is 31.7. The fourth-order valence-corrected chi connectivity index (χ4v) is 2.81. The van der Waals surface area contributed by atoms with Gasteiger partial charge in [0.15, 0.2) is 11.5 Å². The molecule has 27 heavy (non-hydrogen) atoms. The highest BCUT2D eigenvalue weighted by atomic mass is 16.7. The summed E-state index contributed by atoms with van der Waals surface area (Å²) in [7, 11) is 0. The van der Waals surface area contributed by atoms with Crippen molar-refractivity contribution in [3.05, 3.63) is 53.9 Å². The lowest BCUT2D eigenvalue weighted by Gasteiger charge is -2.07. The third-order valence-corrected chi connectivity index (χ3v) is 4.17. The molecule has 0 aliphatic carbocycles. The van der Waals surface area contributed by atoms with Crippen LogP contribution in [0.25, 0.3) is 11.0 Å². The third-order valence-electron chi connectivity index (χ3n) is 4.17. The van der Waals surface area contributed by atoms with Crippen LogP contribution in [0.3, 0.4) is 0 Å². The van der Waals surface area contributed by atoms with Gasteiger partial charge in [-0.25, -0.2) is 4.98 Å². The average molecular weight is 366 g/mol. The largest absolute Gasteiger partial charge is 0.454 e. The smallest absolute Gasteiger partial charge is 0.251 e. The predicted molar refractivity (Wildman–Crippen MR) is 97.7 cm³/mol. The molecule has 8 heteroatoms. The van der Waals surface area contributed by atoms with Crippen molar-refractivity contribution < 1.29 is 19.1 Å². The maximum absolute atomic E-state index is 12.1. The Hall–Kier alpha value is -3.55. The minimum absolute atomic E-state index is 0.104. The van der Waals surface area contributed by atoms with E-state index in [1.165, 1.54) is 0 Å². The molecule has 0 saturated heterocycles. The van der Waals surface area contributed by atoms with Gasteiger partial charge in [-0.05, 0) is 30.3 Å². The highest BCUT2D eigenvalue weighted by Gasteiger charge is 2.16. The van der Waals surface area contributed by atoms with Gasteiger partial charge in [0, 0.05) is 18.5 Å². The number of rotatable bonds is 6. The van der Waals surface area contributed by atoms with Gasteiger partial charge in [-0.3, -0.25) is 9.59 Å². The number of carbonyl (C=O) groups is 2. The molecule has 1 aliphatic heterocycles. The van der Waals surface area contributed by atoms with Crippen LogP contribution in [-0.2, 0) is 11.2 Å². The van der Waals surface area contributed by atoms with E-state index in [-0.39, 0.29) is 25.2 Å². The molecule has 0 fully saturated rings. The average Bonchev–Trinajstić information content (AvgIpc) is 3.31. The summed E-state index contributed by atoms with van der Waals surface area (Å²) in [5.41, 5.74) is 2.28. The third kappa shape index (κ3) is 3.84. The van der Waals surface area contributed by atoms with Crippen LogP contribution < -0.4 is 20.1 Å². The standard InChI is InChI=1S/C19H18N4O4/c24-18(20-8-7-17-22-13-3-1-2-4-14(13)23-17)10-21-19(25)12-5-6-15-16(9-12)27-11-26-15/h1-6,9H,7-8,10-11H2,(H,20,24)(H,21,25)(H,22,23). The number of benzene rings is 2.